The fourth-order valence-corrected chi connectivity index (χ4v) is 6.53. The summed E-state index contributed by atoms with van der Waals surface area (Å²) in [5, 5.41) is 12.1. The molecule has 0 bridgehead atoms. The SMILES string of the molecule is COCCN1[C@@H](C)CN(c2cc(S(=O)(=O)NC3(C)CC3)cc3c(-c4ccc(C(F)F)nn4)noc23)C[C@@H]1C. The number of nitrogens with one attached hydrogen (secondary N) is 1. The van der Waals surface area contributed by atoms with Crippen LogP contribution in [0.1, 0.15) is 45.7 Å². The van der Waals surface area contributed by atoms with E-state index >= 15 is 0 Å². The molecule has 0 radical (unpaired) electrons. The molecule has 0 amide bonds. The number of alkyl halides is 2. The van der Waals surface area contributed by atoms with Crippen molar-refractivity contribution < 1.29 is 26.5 Å². The summed E-state index contributed by atoms with van der Waals surface area (Å²) in [6.45, 7) is 8.80. The molecule has 1 N–H and O–H groups in total. The molecule has 206 valence electrons. The van der Waals surface area contributed by atoms with Gasteiger partial charge < -0.3 is 14.2 Å². The Labute approximate surface area is 220 Å². The van der Waals surface area contributed by atoms with Crippen LogP contribution in [0.15, 0.2) is 33.7 Å². The molecule has 2 aromatic heterocycles. The first-order valence-electron chi connectivity index (χ1n) is 12.6. The highest BCUT2D eigenvalue weighted by atomic mass is 32.2. The zero-order valence-electron chi connectivity index (χ0n) is 21.8. The average molecular weight is 551 g/mol. The Morgan fingerprint density at radius 3 is 2.47 bits per heavy atom. The first-order chi connectivity index (χ1) is 18.0. The average Bonchev–Trinajstić information content (AvgIpc) is 3.42. The molecular formula is C25H32F2N6O4S. The van der Waals surface area contributed by atoms with E-state index in [0.29, 0.717) is 36.4 Å². The molecule has 2 atom stereocenters. The zero-order valence-corrected chi connectivity index (χ0v) is 22.6. The number of fused-ring (bicyclic) bond motifs is 1. The highest BCUT2D eigenvalue weighted by Gasteiger charge is 2.42. The quantitative estimate of drug-likeness (QED) is 0.427. The molecule has 3 aromatic rings. The predicted octanol–water partition coefficient (Wildman–Crippen LogP) is 3.60. The Kier molecular flexibility index (Phi) is 7.14. The van der Waals surface area contributed by atoms with Crippen LogP contribution < -0.4 is 9.62 Å². The molecule has 2 fully saturated rings. The first kappa shape index (κ1) is 26.9. The van der Waals surface area contributed by atoms with E-state index in [4.69, 9.17) is 9.26 Å². The van der Waals surface area contributed by atoms with Gasteiger partial charge in [-0.3, -0.25) is 4.90 Å². The third kappa shape index (κ3) is 5.24. The Hall–Kier alpha value is -2.74. The number of rotatable bonds is 9. The summed E-state index contributed by atoms with van der Waals surface area (Å²) in [6, 6.07) is 6.03. The molecule has 0 unspecified atom stereocenters. The van der Waals surface area contributed by atoms with E-state index in [2.05, 4.69) is 43.7 Å². The highest BCUT2D eigenvalue weighted by molar-refractivity contribution is 7.89. The molecule has 1 saturated carbocycles. The standard InChI is InChI=1S/C25H32F2N6O4S/c1-15-13-32(14-16(2)33(15)9-10-36-4)21-12-17(38(34,35)31-25(3)7-8-25)11-18-22(30-37-23(18)21)19-5-6-20(24(26)27)29-28-19/h5-6,11-12,15-16,24,31H,7-10,13-14H2,1-4H3/t15-,16-/m0/s1. The van der Waals surface area contributed by atoms with E-state index < -0.39 is 27.7 Å². The summed E-state index contributed by atoms with van der Waals surface area (Å²) in [5.74, 6) is 0. The van der Waals surface area contributed by atoms with Crippen LogP contribution in [0.4, 0.5) is 14.5 Å². The number of methoxy groups -OCH3 is 1. The number of nitrogens with zero attached hydrogens (tertiary/aromatic N) is 5. The maximum absolute atomic E-state index is 13.4. The fraction of sp³-hybridized carbons (Fsp3) is 0.560. The minimum atomic E-state index is -3.86. The lowest BCUT2D eigenvalue weighted by molar-refractivity contribution is 0.0847. The molecule has 0 spiro atoms. The number of hydrogen-bond acceptors (Lipinski definition) is 9. The smallest absolute Gasteiger partial charge is 0.282 e. The van der Waals surface area contributed by atoms with Crippen molar-refractivity contribution in [3.63, 3.8) is 0 Å². The first-order valence-corrected chi connectivity index (χ1v) is 14.1. The van der Waals surface area contributed by atoms with Gasteiger partial charge in [-0.1, -0.05) is 5.16 Å². The number of piperazine rings is 1. The van der Waals surface area contributed by atoms with E-state index in [1.165, 1.54) is 18.2 Å². The number of benzene rings is 1. The Morgan fingerprint density at radius 2 is 1.89 bits per heavy atom. The zero-order chi connectivity index (χ0) is 27.2. The molecular weight excluding hydrogens is 518 g/mol. The molecule has 2 aliphatic rings. The second kappa shape index (κ2) is 10.1. The van der Waals surface area contributed by atoms with Gasteiger partial charge in [0.15, 0.2) is 5.58 Å². The van der Waals surface area contributed by atoms with Gasteiger partial charge in [0.1, 0.15) is 17.1 Å². The number of halogens is 2. The van der Waals surface area contributed by atoms with Gasteiger partial charge in [-0.15, -0.1) is 10.2 Å². The van der Waals surface area contributed by atoms with Gasteiger partial charge in [-0.05, 0) is 57.9 Å². The number of hydrogen-bond donors (Lipinski definition) is 1. The number of aromatic nitrogens is 3. The monoisotopic (exact) mass is 550 g/mol. The van der Waals surface area contributed by atoms with E-state index in [9.17, 15) is 17.2 Å². The molecule has 1 aromatic carbocycles. The van der Waals surface area contributed by atoms with Crippen molar-refractivity contribution in [2.24, 2.45) is 0 Å². The maximum atomic E-state index is 13.4. The van der Waals surface area contributed by atoms with Crippen molar-refractivity contribution in [1.82, 2.24) is 25.0 Å². The second-order valence-electron chi connectivity index (χ2n) is 10.5. The van der Waals surface area contributed by atoms with Crippen LogP contribution in [0.5, 0.6) is 0 Å². The molecule has 10 nitrogen and oxygen atoms in total. The van der Waals surface area contributed by atoms with Gasteiger partial charge >= 0.3 is 0 Å². The lowest BCUT2D eigenvalue weighted by Crippen LogP contribution is -2.57. The number of sulfonamides is 1. The number of anilines is 1. The van der Waals surface area contributed by atoms with Crippen molar-refractivity contribution in [3.8, 4) is 11.4 Å². The van der Waals surface area contributed by atoms with Crippen molar-refractivity contribution in [2.75, 3.05) is 38.3 Å². The predicted molar refractivity (Wildman–Crippen MR) is 138 cm³/mol. The van der Waals surface area contributed by atoms with Gasteiger partial charge in [0, 0.05) is 44.4 Å². The van der Waals surface area contributed by atoms with Crippen LogP contribution in [0, 0.1) is 0 Å². The molecule has 13 heteroatoms. The summed E-state index contributed by atoms with van der Waals surface area (Å²) < 4.78 is 66.7. The Bertz CT molecular complexity index is 1400. The second-order valence-corrected chi connectivity index (χ2v) is 12.2. The number of ether oxygens (including phenoxy) is 1. The van der Waals surface area contributed by atoms with E-state index in [-0.39, 0.29) is 28.4 Å². The molecule has 1 saturated heterocycles. The third-order valence-electron chi connectivity index (χ3n) is 7.36. The minimum Gasteiger partial charge on any atom is -0.383 e. The van der Waals surface area contributed by atoms with E-state index in [1.807, 2.05) is 6.92 Å². The van der Waals surface area contributed by atoms with Crippen LogP contribution in [-0.4, -0.2) is 79.6 Å². The topological polar surface area (TPSA) is 114 Å². The van der Waals surface area contributed by atoms with Crippen LogP contribution in [0.25, 0.3) is 22.4 Å². The largest absolute Gasteiger partial charge is 0.383 e. The molecule has 1 aliphatic heterocycles. The van der Waals surface area contributed by atoms with Crippen molar-refractivity contribution >= 4 is 26.7 Å². The van der Waals surface area contributed by atoms with E-state index in [1.54, 1.807) is 13.2 Å². The Morgan fingerprint density at radius 1 is 1.18 bits per heavy atom. The lowest BCUT2D eigenvalue weighted by Gasteiger charge is -2.45. The van der Waals surface area contributed by atoms with Crippen LogP contribution in [0.3, 0.4) is 0 Å². The van der Waals surface area contributed by atoms with Gasteiger partial charge in [0.25, 0.3) is 6.43 Å². The van der Waals surface area contributed by atoms with Gasteiger partial charge in [0.2, 0.25) is 10.0 Å². The highest BCUT2D eigenvalue weighted by Crippen LogP contribution is 2.40. The molecule has 1 aliphatic carbocycles. The maximum Gasteiger partial charge on any atom is 0.282 e. The normalized spacial score (nSPS) is 21.9. The van der Waals surface area contributed by atoms with Gasteiger partial charge in [0.05, 0.1) is 22.6 Å². The van der Waals surface area contributed by atoms with Gasteiger partial charge in [-0.25, -0.2) is 21.9 Å². The van der Waals surface area contributed by atoms with Crippen LogP contribution in [0.2, 0.25) is 0 Å². The molecule has 3 heterocycles. The molecule has 38 heavy (non-hydrogen) atoms. The van der Waals surface area contributed by atoms with Crippen molar-refractivity contribution in [2.45, 2.75) is 62.6 Å². The summed E-state index contributed by atoms with van der Waals surface area (Å²) in [6.07, 6.45) is -1.22. The van der Waals surface area contributed by atoms with Crippen LogP contribution in [-0.2, 0) is 14.8 Å². The lowest BCUT2D eigenvalue weighted by atomic mass is 10.1. The Balaban J connectivity index is 1.59. The minimum absolute atomic E-state index is 0.0804. The van der Waals surface area contributed by atoms with Crippen LogP contribution >= 0.6 is 0 Å². The van der Waals surface area contributed by atoms with E-state index in [0.717, 1.165) is 19.4 Å². The summed E-state index contributed by atoms with van der Waals surface area (Å²) >= 11 is 0. The summed E-state index contributed by atoms with van der Waals surface area (Å²) in [4.78, 5) is 4.55. The van der Waals surface area contributed by atoms with Crippen molar-refractivity contribution in [3.05, 3.63) is 30.0 Å². The van der Waals surface area contributed by atoms with Gasteiger partial charge in [-0.2, -0.15) is 0 Å². The fourth-order valence-electron chi connectivity index (χ4n) is 5.02. The summed E-state index contributed by atoms with van der Waals surface area (Å²) in [7, 11) is -2.18. The third-order valence-corrected chi connectivity index (χ3v) is 8.98. The molecule has 5 rings (SSSR count). The van der Waals surface area contributed by atoms with Crippen molar-refractivity contribution in [1.29, 1.82) is 0 Å². The summed E-state index contributed by atoms with van der Waals surface area (Å²) in [5.41, 5.74) is 0.538.